The van der Waals surface area contributed by atoms with Crippen LogP contribution in [0.25, 0.3) is 0 Å². The highest BCUT2D eigenvalue weighted by atomic mass is 16.1. The van der Waals surface area contributed by atoms with Crippen LogP contribution in [0.4, 0.5) is 0 Å². The van der Waals surface area contributed by atoms with Gasteiger partial charge in [0.25, 0.3) is 0 Å². The molecule has 3 unspecified atom stereocenters. The molecule has 0 aromatic rings. The Hall–Kier alpha value is -1.13. The minimum atomic E-state index is -0.139. The lowest BCUT2D eigenvalue weighted by molar-refractivity contribution is -1.01. The summed E-state index contributed by atoms with van der Waals surface area (Å²) in [5.41, 5.74) is 6.92. The van der Waals surface area contributed by atoms with Crippen LogP contribution in [0.2, 0.25) is 0 Å². The lowest BCUT2D eigenvalue weighted by Gasteiger charge is -2.45. The average molecular weight is 275 g/mol. The van der Waals surface area contributed by atoms with E-state index in [1.54, 1.807) is 0 Å². The highest BCUT2D eigenvalue weighted by molar-refractivity contribution is 5.77. The van der Waals surface area contributed by atoms with Crippen LogP contribution in [0.3, 0.4) is 0 Å². The summed E-state index contributed by atoms with van der Waals surface area (Å²) in [5.74, 6) is -0.137. The fraction of sp³-hybridized carbons (Fsp3) is 0.625. The first-order valence-corrected chi connectivity index (χ1v) is 7.77. The minimum Gasteiger partial charge on any atom is -0.369 e. The summed E-state index contributed by atoms with van der Waals surface area (Å²) in [5, 5.41) is 2.56. The summed E-state index contributed by atoms with van der Waals surface area (Å²) in [4.78, 5) is 11.7. The molecule has 0 aromatic carbocycles. The predicted octanol–water partition coefficient (Wildman–Crippen LogP) is 1.76. The second kappa shape index (κ2) is 5.34. The Morgan fingerprint density at radius 2 is 2.15 bits per heavy atom. The summed E-state index contributed by atoms with van der Waals surface area (Å²) in [7, 11) is 0. The summed E-state index contributed by atoms with van der Waals surface area (Å²) in [6.45, 7) is 5.35. The molecule has 0 bridgehead atoms. The number of allylic oxidation sites excluding steroid dienone is 3. The molecule has 1 amide bonds. The Kier molecular flexibility index (Phi) is 3.69. The molecule has 1 radical (unpaired) electrons. The number of quaternary nitrogens is 1. The molecule has 3 atom stereocenters. The maximum atomic E-state index is 11.7. The van der Waals surface area contributed by atoms with E-state index >= 15 is 0 Å². The Morgan fingerprint density at radius 3 is 2.70 bits per heavy atom. The zero-order chi connectivity index (χ0) is 14.2. The molecule has 0 saturated carbocycles. The third-order valence-corrected chi connectivity index (χ3v) is 5.14. The number of hydrogen-bond acceptors (Lipinski definition) is 2. The summed E-state index contributed by atoms with van der Waals surface area (Å²) >= 11 is 0. The largest absolute Gasteiger partial charge is 0.369 e. The first-order valence-electron chi connectivity index (χ1n) is 7.77. The lowest BCUT2D eigenvalue weighted by Crippen LogP contribution is -2.60. The quantitative estimate of drug-likeness (QED) is 0.798. The maximum absolute atomic E-state index is 11.7. The van der Waals surface area contributed by atoms with E-state index in [0.29, 0.717) is 6.04 Å². The van der Waals surface area contributed by atoms with Crippen LogP contribution in [0, 0.1) is 12.3 Å². The van der Waals surface area contributed by atoms with Gasteiger partial charge in [-0.05, 0) is 44.8 Å². The van der Waals surface area contributed by atoms with Crippen LogP contribution >= 0.6 is 0 Å². The molecule has 0 spiro atoms. The van der Waals surface area contributed by atoms with E-state index in [1.807, 2.05) is 0 Å². The number of amides is 1. The van der Waals surface area contributed by atoms with Crippen LogP contribution in [0.5, 0.6) is 0 Å². The number of nitrogens with two attached hydrogens (primary N) is 1. The normalized spacial score (nSPS) is 38.1. The SMILES string of the molecule is CC1CC(C(N)=O)C[N+]1(C1=C[CH]CC=C1)N1CCCC1. The van der Waals surface area contributed by atoms with Crippen molar-refractivity contribution in [2.24, 2.45) is 11.7 Å². The third kappa shape index (κ3) is 2.11. The molecule has 4 nitrogen and oxygen atoms in total. The van der Waals surface area contributed by atoms with E-state index < -0.39 is 0 Å². The van der Waals surface area contributed by atoms with Gasteiger partial charge in [0.2, 0.25) is 5.91 Å². The molecule has 4 heteroatoms. The van der Waals surface area contributed by atoms with E-state index in [0.717, 1.165) is 37.1 Å². The van der Waals surface area contributed by atoms with Crippen LogP contribution in [0.15, 0.2) is 23.9 Å². The number of likely N-dealkylation sites (tertiary alicyclic amines) is 1. The highest BCUT2D eigenvalue weighted by Crippen LogP contribution is 2.41. The number of rotatable bonds is 3. The lowest BCUT2D eigenvalue weighted by atomic mass is 10.1. The molecule has 3 aliphatic rings. The van der Waals surface area contributed by atoms with Crippen molar-refractivity contribution in [3.63, 3.8) is 0 Å². The maximum Gasteiger partial charge on any atom is 0.226 e. The summed E-state index contributed by atoms with van der Waals surface area (Å²) in [6, 6.07) is 0.424. The molecule has 2 aliphatic heterocycles. The van der Waals surface area contributed by atoms with Gasteiger partial charge in [0.05, 0.1) is 5.92 Å². The van der Waals surface area contributed by atoms with Gasteiger partial charge in [0, 0.05) is 19.5 Å². The number of carbonyl (C=O) groups excluding carboxylic acids is 1. The molecule has 0 aromatic heterocycles. The van der Waals surface area contributed by atoms with Gasteiger partial charge in [-0.25, -0.2) is 4.59 Å². The molecule has 2 fully saturated rings. The monoisotopic (exact) mass is 275 g/mol. The zero-order valence-corrected chi connectivity index (χ0v) is 12.3. The van der Waals surface area contributed by atoms with Gasteiger partial charge in [-0.15, -0.1) is 5.01 Å². The molecular formula is C16H25N3O+. The van der Waals surface area contributed by atoms with Gasteiger partial charge in [-0.3, -0.25) is 4.79 Å². The van der Waals surface area contributed by atoms with Crippen LogP contribution in [-0.4, -0.2) is 41.2 Å². The molecule has 109 valence electrons. The molecule has 3 rings (SSSR count). The predicted molar refractivity (Wildman–Crippen MR) is 78.8 cm³/mol. The van der Waals surface area contributed by atoms with Crippen LogP contribution in [-0.2, 0) is 4.79 Å². The van der Waals surface area contributed by atoms with E-state index in [1.165, 1.54) is 18.5 Å². The Bertz CT molecular complexity index is 451. The van der Waals surface area contributed by atoms with Crippen molar-refractivity contribution in [2.45, 2.75) is 38.6 Å². The third-order valence-electron chi connectivity index (χ3n) is 5.14. The molecule has 2 saturated heterocycles. The Balaban J connectivity index is 1.97. The van der Waals surface area contributed by atoms with E-state index in [4.69, 9.17) is 5.73 Å². The van der Waals surface area contributed by atoms with Gasteiger partial charge < -0.3 is 5.73 Å². The van der Waals surface area contributed by atoms with Crippen molar-refractivity contribution in [1.29, 1.82) is 0 Å². The van der Waals surface area contributed by atoms with Gasteiger partial charge in [-0.2, -0.15) is 0 Å². The number of hydrogen-bond donors (Lipinski definition) is 1. The molecule has 1 aliphatic carbocycles. The number of nitrogens with zero attached hydrogens (tertiary/aromatic N) is 2. The second-order valence-corrected chi connectivity index (χ2v) is 6.32. The number of carbonyl (C=O) groups is 1. The van der Waals surface area contributed by atoms with Crippen molar-refractivity contribution in [3.05, 3.63) is 30.3 Å². The van der Waals surface area contributed by atoms with Crippen LogP contribution < -0.4 is 5.73 Å². The van der Waals surface area contributed by atoms with Gasteiger partial charge >= 0.3 is 0 Å². The zero-order valence-electron chi connectivity index (χ0n) is 12.3. The van der Waals surface area contributed by atoms with Crippen LogP contribution in [0.1, 0.15) is 32.6 Å². The molecule has 2 N–H and O–H groups in total. The van der Waals surface area contributed by atoms with Gasteiger partial charge in [-0.1, -0.05) is 6.08 Å². The minimum absolute atomic E-state index is 0.00169. The fourth-order valence-electron chi connectivity index (χ4n) is 4.13. The van der Waals surface area contributed by atoms with Gasteiger partial charge in [0.1, 0.15) is 18.3 Å². The highest BCUT2D eigenvalue weighted by Gasteiger charge is 2.53. The molecule has 2 heterocycles. The fourth-order valence-corrected chi connectivity index (χ4v) is 4.13. The summed E-state index contributed by atoms with van der Waals surface area (Å²) in [6.07, 6.45) is 13.4. The standard InChI is InChI=1S/C16H24N3O/c1-13-11-14(16(17)20)12-19(13,18-9-5-6-10-18)15-7-3-2-4-8-15/h3-4,7-8,13-14H,2,5-6,9-12H2,1H3,(H-,17,20)/p+1. The van der Waals surface area contributed by atoms with E-state index in [9.17, 15) is 4.79 Å². The summed E-state index contributed by atoms with van der Waals surface area (Å²) < 4.78 is 0.834. The first-order chi connectivity index (χ1) is 9.64. The van der Waals surface area contributed by atoms with E-state index in [-0.39, 0.29) is 11.8 Å². The molecule has 20 heavy (non-hydrogen) atoms. The topological polar surface area (TPSA) is 46.3 Å². The number of primary amides is 1. The Labute approximate surface area is 121 Å². The van der Waals surface area contributed by atoms with Crippen molar-refractivity contribution in [2.75, 3.05) is 19.6 Å². The van der Waals surface area contributed by atoms with E-state index in [2.05, 4.69) is 36.6 Å². The Morgan fingerprint density at radius 1 is 1.40 bits per heavy atom. The average Bonchev–Trinajstić information content (AvgIpc) is 3.08. The van der Waals surface area contributed by atoms with Crippen molar-refractivity contribution >= 4 is 5.91 Å². The first kappa shape index (κ1) is 13.8. The van der Waals surface area contributed by atoms with Crippen molar-refractivity contribution in [1.82, 2.24) is 5.01 Å². The van der Waals surface area contributed by atoms with Crippen molar-refractivity contribution < 1.29 is 9.39 Å². The van der Waals surface area contributed by atoms with Crippen molar-refractivity contribution in [3.8, 4) is 0 Å². The smallest absolute Gasteiger partial charge is 0.226 e. The van der Waals surface area contributed by atoms with Gasteiger partial charge in [0.15, 0.2) is 0 Å². The second-order valence-electron chi connectivity index (χ2n) is 6.32. The molecular weight excluding hydrogens is 250 g/mol.